The monoisotopic (exact) mass is 420 g/mol. The van der Waals surface area contributed by atoms with Crippen LogP contribution in [0.2, 0.25) is 0 Å². The van der Waals surface area contributed by atoms with E-state index in [1.807, 2.05) is 30.2 Å². The molecule has 7 heteroatoms. The van der Waals surface area contributed by atoms with Gasteiger partial charge in [-0.1, -0.05) is 26.0 Å². The predicted molar refractivity (Wildman–Crippen MR) is 123 cm³/mol. The molecule has 7 nitrogen and oxygen atoms in total. The van der Waals surface area contributed by atoms with Crippen molar-refractivity contribution < 1.29 is 4.79 Å². The first kappa shape index (κ1) is 21.3. The van der Waals surface area contributed by atoms with Crippen LogP contribution in [0.1, 0.15) is 38.6 Å². The van der Waals surface area contributed by atoms with Gasteiger partial charge in [-0.2, -0.15) is 0 Å². The summed E-state index contributed by atoms with van der Waals surface area (Å²) in [4.78, 5) is 26.2. The van der Waals surface area contributed by atoms with Crippen LogP contribution in [0, 0.1) is 0 Å². The number of hydrogen-bond acceptors (Lipinski definition) is 4. The van der Waals surface area contributed by atoms with Gasteiger partial charge >= 0.3 is 6.03 Å². The van der Waals surface area contributed by atoms with Crippen LogP contribution in [0.25, 0.3) is 16.9 Å². The smallest absolute Gasteiger partial charge is 0.317 e. The number of benzene rings is 1. The molecule has 1 aromatic carbocycles. The number of urea groups is 1. The number of nitrogens with zero attached hydrogens (tertiary/aromatic N) is 5. The van der Waals surface area contributed by atoms with Gasteiger partial charge in [-0.15, -0.1) is 0 Å². The summed E-state index contributed by atoms with van der Waals surface area (Å²) >= 11 is 0. The second-order valence-electron chi connectivity index (χ2n) is 8.25. The first-order valence-corrected chi connectivity index (χ1v) is 11.3. The van der Waals surface area contributed by atoms with E-state index in [9.17, 15) is 4.79 Å². The maximum absolute atomic E-state index is 12.4. The summed E-state index contributed by atoms with van der Waals surface area (Å²) in [6.45, 7) is 10.1. The number of pyridine rings is 1. The number of imidazole rings is 1. The number of carbonyl (C=O) groups is 1. The zero-order valence-electron chi connectivity index (χ0n) is 18.7. The van der Waals surface area contributed by atoms with Crippen molar-refractivity contribution in [2.75, 3.05) is 26.2 Å². The zero-order chi connectivity index (χ0) is 21.8. The third-order valence-electron chi connectivity index (χ3n) is 6.10. The number of aryl methyl sites for hydroxylation is 1. The number of carbonyl (C=O) groups excluding carboxylic acids is 1. The van der Waals surface area contributed by atoms with Crippen molar-refractivity contribution in [3.05, 3.63) is 54.0 Å². The number of hydrogen-bond donors (Lipinski definition) is 1. The van der Waals surface area contributed by atoms with Gasteiger partial charge in [0, 0.05) is 44.1 Å². The molecule has 0 radical (unpaired) electrons. The highest BCUT2D eigenvalue weighted by Gasteiger charge is 2.24. The third kappa shape index (κ3) is 4.71. The molecule has 1 N–H and O–H groups in total. The van der Waals surface area contributed by atoms with Gasteiger partial charge in [0.2, 0.25) is 0 Å². The Kier molecular flexibility index (Phi) is 6.51. The van der Waals surface area contributed by atoms with E-state index in [0.29, 0.717) is 0 Å². The van der Waals surface area contributed by atoms with Crippen molar-refractivity contribution in [1.29, 1.82) is 0 Å². The minimum atomic E-state index is 0.0430. The standard InChI is InChI=1S/C24H32N6O/c1-4-18(3)26-24(31)29-15-13-28(14-16-29)17-22-27-21-7-6-12-25-23(21)30(22)20-10-8-19(5-2)9-11-20/h6-12,18H,4-5,13-17H2,1-3H3,(H,26,31)/t18-/m0/s1. The van der Waals surface area contributed by atoms with Crippen molar-refractivity contribution >= 4 is 17.2 Å². The first-order chi connectivity index (χ1) is 15.1. The number of nitrogens with one attached hydrogen (secondary N) is 1. The van der Waals surface area contributed by atoms with Crippen LogP contribution in [0.4, 0.5) is 4.79 Å². The molecule has 1 aliphatic heterocycles. The largest absolute Gasteiger partial charge is 0.336 e. The van der Waals surface area contributed by atoms with Crippen LogP contribution in [0.3, 0.4) is 0 Å². The molecule has 2 aromatic heterocycles. The van der Waals surface area contributed by atoms with Gasteiger partial charge in [-0.25, -0.2) is 14.8 Å². The van der Waals surface area contributed by atoms with Gasteiger partial charge in [0.15, 0.2) is 5.65 Å². The van der Waals surface area contributed by atoms with E-state index in [0.717, 1.165) is 68.2 Å². The van der Waals surface area contributed by atoms with Gasteiger partial charge in [-0.05, 0) is 49.6 Å². The molecule has 0 unspecified atom stereocenters. The summed E-state index contributed by atoms with van der Waals surface area (Å²) in [5.74, 6) is 0.982. The lowest BCUT2D eigenvalue weighted by Crippen LogP contribution is -2.52. The molecule has 1 saturated heterocycles. The first-order valence-electron chi connectivity index (χ1n) is 11.3. The third-order valence-corrected chi connectivity index (χ3v) is 6.10. The van der Waals surface area contributed by atoms with Crippen LogP contribution in [0.15, 0.2) is 42.6 Å². The topological polar surface area (TPSA) is 66.3 Å². The molecule has 3 aromatic rings. The fraction of sp³-hybridized carbons (Fsp3) is 0.458. The highest BCUT2D eigenvalue weighted by Crippen LogP contribution is 2.22. The lowest BCUT2D eigenvalue weighted by atomic mass is 10.1. The number of aromatic nitrogens is 3. The van der Waals surface area contributed by atoms with Crippen LogP contribution in [0.5, 0.6) is 0 Å². The summed E-state index contributed by atoms with van der Waals surface area (Å²) < 4.78 is 2.16. The zero-order valence-corrected chi connectivity index (χ0v) is 18.7. The van der Waals surface area contributed by atoms with Crippen LogP contribution in [-0.4, -0.2) is 62.6 Å². The van der Waals surface area contributed by atoms with Gasteiger partial charge in [0.25, 0.3) is 0 Å². The predicted octanol–water partition coefficient (Wildman–Crippen LogP) is 3.61. The Morgan fingerprint density at radius 2 is 1.84 bits per heavy atom. The maximum atomic E-state index is 12.4. The van der Waals surface area contributed by atoms with Crippen LogP contribution < -0.4 is 5.32 Å². The second kappa shape index (κ2) is 9.47. The van der Waals surface area contributed by atoms with Crippen molar-refractivity contribution in [3.8, 4) is 5.69 Å². The second-order valence-corrected chi connectivity index (χ2v) is 8.25. The molecular weight excluding hydrogens is 388 g/mol. The number of fused-ring (bicyclic) bond motifs is 1. The van der Waals surface area contributed by atoms with Gasteiger partial charge in [0.05, 0.1) is 6.54 Å². The Hall–Kier alpha value is -2.93. The maximum Gasteiger partial charge on any atom is 0.317 e. The van der Waals surface area contributed by atoms with Crippen molar-refractivity contribution in [2.45, 2.75) is 46.2 Å². The van der Waals surface area contributed by atoms with E-state index in [-0.39, 0.29) is 12.1 Å². The summed E-state index contributed by atoms with van der Waals surface area (Å²) in [7, 11) is 0. The molecule has 3 heterocycles. The van der Waals surface area contributed by atoms with Crippen molar-refractivity contribution in [2.24, 2.45) is 0 Å². The Balaban J connectivity index is 1.51. The molecule has 0 saturated carbocycles. The summed E-state index contributed by atoms with van der Waals surface area (Å²) in [6.07, 6.45) is 3.78. The minimum absolute atomic E-state index is 0.0430. The molecule has 0 aliphatic carbocycles. The molecular formula is C24H32N6O. The fourth-order valence-electron chi connectivity index (χ4n) is 3.93. The van der Waals surface area contributed by atoms with E-state index in [1.165, 1.54) is 5.56 Å². The summed E-state index contributed by atoms with van der Waals surface area (Å²) in [5, 5.41) is 3.07. The number of piperazine rings is 1. The average Bonchev–Trinajstić information content (AvgIpc) is 3.17. The molecule has 4 rings (SSSR count). The molecule has 164 valence electrons. The molecule has 0 spiro atoms. The SMILES string of the molecule is CCc1ccc(-n2c(CN3CCN(C(=O)N[C@@H](C)CC)CC3)nc3cccnc32)cc1. The summed E-state index contributed by atoms with van der Waals surface area (Å²) in [5.41, 5.74) is 4.19. The van der Waals surface area contributed by atoms with Crippen molar-refractivity contribution in [3.63, 3.8) is 0 Å². The molecule has 1 fully saturated rings. The molecule has 1 aliphatic rings. The van der Waals surface area contributed by atoms with E-state index in [2.05, 4.69) is 57.9 Å². The van der Waals surface area contributed by atoms with Crippen molar-refractivity contribution in [1.82, 2.24) is 29.7 Å². The van der Waals surface area contributed by atoms with Crippen LogP contribution in [-0.2, 0) is 13.0 Å². The van der Waals surface area contributed by atoms with Gasteiger partial charge in [0.1, 0.15) is 11.3 Å². The highest BCUT2D eigenvalue weighted by molar-refractivity contribution is 5.75. The van der Waals surface area contributed by atoms with E-state index in [1.54, 1.807) is 0 Å². The fourth-order valence-corrected chi connectivity index (χ4v) is 3.93. The molecule has 2 amide bonds. The summed E-state index contributed by atoms with van der Waals surface area (Å²) in [6, 6.07) is 12.8. The Morgan fingerprint density at radius 1 is 1.10 bits per heavy atom. The van der Waals surface area contributed by atoms with Crippen LogP contribution >= 0.6 is 0 Å². The lowest BCUT2D eigenvalue weighted by Gasteiger charge is -2.35. The highest BCUT2D eigenvalue weighted by atomic mass is 16.2. The van der Waals surface area contributed by atoms with Gasteiger partial charge in [-0.3, -0.25) is 9.47 Å². The molecule has 31 heavy (non-hydrogen) atoms. The molecule has 1 atom stereocenters. The number of amides is 2. The Morgan fingerprint density at radius 3 is 2.52 bits per heavy atom. The normalized spacial score (nSPS) is 15.9. The quantitative estimate of drug-likeness (QED) is 0.662. The minimum Gasteiger partial charge on any atom is -0.336 e. The van der Waals surface area contributed by atoms with Gasteiger partial charge < -0.3 is 10.2 Å². The van der Waals surface area contributed by atoms with E-state index < -0.39 is 0 Å². The van der Waals surface area contributed by atoms with E-state index >= 15 is 0 Å². The number of rotatable bonds is 6. The molecule has 0 bridgehead atoms. The average molecular weight is 421 g/mol. The lowest BCUT2D eigenvalue weighted by molar-refractivity contribution is 0.131. The Bertz CT molecular complexity index is 1020. The van der Waals surface area contributed by atoms with E-state index in [4.69, 9.17) is 4.98 Å². The Labute approximate surface area is 184 Å².